The van der Waals surface area contributed by atoms with Gasteiger partial charge in [-0.3, -0.25) is 4.99 Å². The molecule has 0 aliphatic rings. The Hall–Kier alpha value is -2.31. The van der Waals surface area contributed by atoms with Crippen molar-refractivity contribution < 1.29 is 9.47 Å². The zero-order valence-electron chi connectivity index (χ0n) is 17.2. The largest absolute Gasteiger partial charge is 0.493 e. The summed E-state index contributed by atoms with van der Waals surface area (Å²) in [5.74, 6) is 1.56. The fourth-order valence-electron chi connectivity index (χ4n) is 2.66. The van der Waals surface area contributed by atoms with E-state index in [1.807, 2.05) is 24.3 Å². The van der Waals surface area contributed by atoms with Crippen LogP contribution in [0.1, 0.15) is 28.7 Å². The molecule has 0 bridgehead atoms. The van der Waals surface area contributed by atoms with E-state index in [1.165, 1.54) is 0 Å². The van der Waals surface area contributed by atoms with Crippen molar-refractivity contribution >= 4 is 29.9 Å². The molecular formula is C22H29IN4O2. The number of hydrogen-bond acceptors (Lipinski definition) is 4. The molecule has 29 heavy (non-hydrogen) atoms. The first kappa shape index (κ1) is 24.7. The molecule has 2 aromatic rings. The standard InChI is InChI=1S/C22H28N4O2.HI/c1-17-8-9-20(21(12-17)28-11-5-10-27-3)16-26-22(24-2)25-15-19-7-4-6-18(13-19)14-23;/h4,6-9,12-13H,5,10-11,15-16H2,1-3H3,(H2,24,25,26);1H. The first-order valence-electron chi connectivity index (χ1n) is 9.31. The van der Waals surface area contributed by atoms with Crippen LogP contribution in [0.15, 0.2) is 47.5 Å². The molecule has 0 fully saturated rings. The lowest BCUT2D eigenvalue weighted by Crippen LogP contribution is -2.36. The van der Waals surface area contributed by atoms with Crippen LogP contribution in [0.25, 0.3) is 0 Å². The second-order valence-electron chi connectivity index (χ2n) is 6.40. The van der Waals surface area contributed by atoms with Crippen LogP contribution in [-0.2, 0) is 17.8 Å². The third-order valence-electron chi connectivity index (χ3n) is 4.16. The number of benzene rings is 2. The van der Waals surface area contributed by atoms with Gasteiger partial charge in [-0.1, -0.05) is 24.3 Å². The van der Waals surface area contributed by atoms with Gasteiger partial charge < -0.3 is 20.1 Å². The van der Waals surface area contributed by atoms with Crippen LogP contribution < -0.4 is 15.4 Å². The summed E-state index contributed by atoms with van der Waals surface area (Å²) in [5, 5.41) is 15.6. The highest BCUT2D eigenvalue weighted by Crippen LogP contribution is 2.20. The number of hydrogen-bond donors (Lipinski definition) is 2. The molecule has 2 N–H and O–H groups in total. The summed E-state index contributed by atoms with van der Waals surface area (Å²) >= 11 is 0. The normalized spacial score (nSPS) is 10.6. The van der Waals surface area contributed by atoms with Crippen molar-refractivity contribution in [3.8, 4) is 11.8 Å². The zero-order valence-corrected chi connectivity index (χ0v) is 19.5. The van der Waals surface area contributed by atoms with Gasteiger partial charge in [-0.2, -0.15) is 5.26 Å². The van der Waals surface area contributed by atoms with Gasteiger partial charge in [0.15, 0.2) is 5.96 Å². The molecule has 0 saturated carbocycles. The summed E-state index contributed by atoms with van der Waals surface area (Å²) in [6.07, 6.45) is 0.849. The average Bonchev–Trinajstić information content (AvgIpc) is 2.72. The van der Waals surface area contributed by atoms with Gasteiger partial charge >= 0.3 is 0 Å². The molecule has 2 rings (SSSR count). The minimum atomic E-state index is 0. The molecular weight excluding hydrogens is 479 g/mol. The van der Waals surface area contributed by atoms with Crippen molar-refractivity contribution in [2.45, 2.75) is 26.4 Å². The number of aliphatic imine (C=N–C) groups is 1. The Bertz CT molecular complexity index is 834. The van der Waals surface area contributed by atoms with E-state index in [4.69, 9.17) is 14.7 Å². The first-order valence-corrected chi connectivity index (χ1v) is 9.31. The molecule has 0 amide bonds. The van der Waals surface area contributed by atoms with Crippen molar-refractivity contribution in [3.63, 3.8) is 0 Å². The Morgan fingerprint density at radius 2 is 1.90 bits per heavy atom. The smallest absolute Gasteiger partial charge is 0.191 e. The van der Waals surface area contributed by atoms with Crippen LogP contribution in [0.4, 0.5) is 0 Å². The van der Waals surface area contributed by atoms with E-state index in [-0.39, 0.29) is 24.0 Å². The van der Waals surface area contributed by atoms with E-state index in [9.17, 15) is 0 Å². The number of nitriles is 1. The Labute approximate surface area is 190 Å². The third kappa shape index (κ3) is 8.71. The third-order valence-corrected chi connectivity index (χ3v) is 4.16. The highest BCUT2D eigenvalue weighted by molar-refractivity contribution is 14.0. The number of methoxy groups -OCH3 is 1. The van der Waals surface area contributed by atoms with E-state index in [2.05, 4.69) is 40.8 Å². The molecule has 0 heterocycles. The molecule has 0 aliphatic heterocycles. The van der Waals surface area contributed by atoms with E-state index < -0.39 is 0 Å². The van der Waals surface area contributed by atoms with Crippen LogP contribution in [0, 0.1) is 18.3 Å². The topological polar surface area (TPSA) is 78.7 Å². The van der Waals surface area contributed by atoms with E-state index >= 15 is 0 Å². The van der Waals surface area contributed by atoms with Crippen molar-refractivity contribution in [3.05, 3.63) is 64.7 Å². The molecule has 0 unspecified atom stereocenters. The number of ether oxygens (including phenoxy) is 2. The van der Waals surface area contributed by atoms with E-state index in [1.54, 1.807) is 20.2 Å². The summed E-state index contributed by atoms with van der Waals surface area (Å²) in [5.41, 5.74) is 3.90. The lowest BCUT2D eigenvalue weighted by atomic mass is 10.1. The van der Waals surface area contributed by atoms with Crippen molar-refractivity contribution in [1.29, 1.82) is 5.26 Å². The van der Waals surface area contributed by atoms with Gasteiger partial charge in [0.1, 0.15) is 5.75 Å². The number of nitrogens with one attached hydrogen (secondary N) is 2. The van der Waals surface area contributed by atoms with Crippen LogP contribution >= 0.6 is 24.0 Å². The molecule has 2 aromatic carbocycles. The number of rotatable bonds is 9. The second kappa shape index (κ2) is 13.8. The number of guanidine groups is 1. The average molecular weight is 508 g/mol. The van der Waals surface area contributed by atoms with Gasteiger partial charge in [-0.05, 0) is 36.2 Å². The van der Waals surface area contributed by atoms with Gasteiger partial charge in [0.05, 0.1) is 18.2 Å². The lowest BCUT2D eigenvalue weighted by Gasteiger charge is -2.15. The minimum Gasteiger partial charge on any atom is -0.493 e. The number of halogens is 1. The predicted octanol–water partition coefficient (Wildman–Crippen LogP) is 3.77. The van der Waals surface area contributed by atoms with Crippen molar-refractivity contribution in [2.24, 2.45) is 4.99 Å². The summed E-state index contributed by atoms with van der Waals surface area (Å²) in [6, 6.07) is 15.9. The summed E-state index contributed by atoms with van der Waals surface area (Å²) in [4.78, 5) is 4.27. The van der Waals surface area contributed by atoms with Crippen LogP contribution in [0.3, 0.4) is 0 Å². The maximum absolute atomic E-state index is 9.01. The first-order chi connectivity index (χ1) is 13.7. The van der Waals surface area contributed by atoms with Crippen molar-refractivity contribution in [2.75, 3.05) is 27.4 Å². The SMILES string of the molecule is CN=C(NCc1cccc(C#N)c1)NCc1ccc(C)cc1OCCCOC.I. The molecule has 0 spiro atoms. The maximum atomic E-state index is 9.01. The fraction of sp³-hybridized carbons (Fsp3) is 0.364. The molecule has 0 aromatic heterocycles. The van der Waals surface area contributed by atoms with Crippen LogP contribution in [-0.4, -0.2) is 33.3 Å². The summed E-state index contributed by atoms with van der Waals surface area (Å²) in [6.45, 7) is 4.53. The molecule has 0 saturated heterocycles. The number of aryl methyl sites for hydroxylation is 1. The number of nitrogens with zero attached hydrogens (tertiary/aromatic N) is 2. The van der Waals surface area contributed by atoms with Crippen LogP contribution in [0.2, 0.25) is 0 Å². The van der Waals surface area contributed by atoms with Crippen molar-refractivity contribution in [1.82, 2.24) is 10.6 Å². The highest BCUT2D eigenvalue weighted by Gasteiger charge is 2.06. The van der Waals surface area contributed by atoms with Crippen LogP contribution in [0.5, 0.6) is 5.75 Å². The van der Waals surface area contributed by atoms with E-state index in [0.29, 0.717) is 37.8 Å². The monoisotopic (exact) mass is 508 g/mol. The van der Waals surface area contributed by atoms with Gasteiger partial charge in [-0.15, -0.1) is 24.0 Å². The Balaban J connectivity index is 0.00000420. The zero-order chi connectivity index (χ0) is 20.2. The van der Waals surface area contributed by atoms with E-state index in [0.717, 1.165) is 28.9 Å². The van der Waals surface area contributed by atoms with Gasteiger partial charge in [0, 0.05) is 45.8 Å². The minimum absolute atomic E-state index is 0. The molecule has 7 heteroatoms. The second-order valence-corrected chi connectivity index (χ2v) is 6.40. The Kier molecular flexibility index (Phi) is 11.8. The maximum Gasteiger partial charge on any atom is 0.191 e. The molecule has 0 atom stereocenters. The molecule has 0 aliphatic carbocycles. The molecule has 156 valence electrons. The summed E-state index contributed by atoms with van der Waals surface area (Å²) in [7, 11) is 3.43. The molecule has 0 radical (unpaired) electrons. The fourth-order valence-corrected chi connectivity index (χ4v) is 2.66. The Morgan fingerprint density at radius 1 is 1.10 bits per heavy atom. The highest BCUT2D eigenvalue weighted by atomic mass is 127. The van der Waals surface area contributed by atoms with Gasteiger partial charge in [0.2, 0.25) is 0 Å². The summed E-state index contributed by atoms with van der Waals surface area (Å²) < 4.78 is 11.0. The van der Waals surface area contributed by atoms with Gasteiger partial charge in [0.25, 0.3) is 0 Å². The predicted molar refractivity (Wildman–Crippen MR) is 127 cm³/mol. The Morgan fingerprint density at radius 3 is 2.62 bits per heavy atom. The molecule has 6 nitrogen and oxygen atoms in total. The quantitative estimate of drug-likeness (QED) is 0.234. The van der Waals surface area contributed by atoms with Gasteiger partial charge in [-0.25, -0.2) is 0 Å². The lowest BCUT2D eigenvalue weighted by molar-refractivity contribution is 0.171.